The molecule has 3 aromatic rings. The molecular formula is C32H42. The van der Waals surface area contributed by atoms with Crippen molar-refractivity contribution in [3.8, 4) is 0 Å². The molecule has 3 rings (SSSR count). The quantitative estimate of drug-likeness (QED) is 0.305. The van der Waals surface area contributed by atoms with Gasteiger partial charge in [-0.1, -0.05) is 74.5 Å². The second kappa shape index (κ2) is 11.5. The van der Waals surface area contributed by atoms with Crippen LogP contribution in [0.4, 0.5) is 0 Å². The standard InChI is InChI=1S/C32H42/c1-23(19-29-15-13-25(3)27(5)21-29)11-17-31-9-7-8-10-32(31)18-12-24(2)20-30-16-14-26(4)28(6)22-30/h7-10,13-16,21-24H,11-12,17-20H2,1-6H3. The monoisotopic (exact) mass is 426 g/mol. The molecule has 0 fully saturated rings. The molecule has 0 N–H and O–H groups in total. The van der Waals surface area contributed by atoms with Crippen LogP contribution in [0.5, 0.6) is 0 Å². The van der Waals surface area contributed by atoms with E-state index in [0.717, 1.165) is 0 Å². The highest BCUT2D eigenvalue weighted by molar-refractivity contribution is 5.31. The molecule has 2 atom stereocenters. The molecule has 170 valence electrons. The molecule has 0 saturated heterocycles. The van der Waals surface area contributed by atoms with Gasteiger partial charge in [-0.3, -0.25) is 0 Å². The summed E-state index contributed by atoms with van der Waals surface area (Å²) in [5.74, 6) is 1.41. The van der Waals surface area contributed by atoms with E-state index in [0.29, 0.717) is 11.8 Å². The number of hydrogen-bond donors (Lipinski definition) is 0. The molecule has 0 heteroatoms. The van der Waals surface area contributed by atoms with E-state index in [1.807, 2.05) is 0 Å². The SMILES string of the molecule is Cc1ccc(CC(C)CCc2ccccc2CCC(C)Cc2ccc(C)c(C)c2)cc1C. The summed E-state index contributed by atoms with van der Waals surface area (Å²) in [7, 11) is 0. The van der Waals surface area contributed by atoms with Crippen LogP contribution in [-0.2, 0) is 25.7 Å². The molecule has 0 aromatic heterocycles. The summed E-state index contributed by atoms with van der Waals surface area (Å²) in [6, 6.07) is 23.0. The van der Waals surface area contributed by atoms with E-state index in [9.17, 15) is 0 Å². The average molecular weight is 427 g/mol. The maximum absolute atomic E-state index is 2.41. The predicted molar refractivity (Wildman–Crippen MR) is 141 cm³/mol. The Balaban J connectivity index is 1.52. The zero-order valence-electron chi connectivity index (χ0n) is 21.2. The highest BCUT2D eigenvalue weighted by Gasteiger charge is 2.10. The lowest BCUT2D eigenvalue weighted by atomic mass is 9.89. The van der Waals surface area contributed by atoms with Gasteiger partial charge in [0.25, 0.3) is 0 Å². The lowest BCUT2D eigenvalue weighted by molar-refractivity contribution is 0.518. The molecule has 2 unspecified atom stereocenters. The first-order valence-electron chi connectivity index (χ1n) is 12.5. The van der Waals surface area contributed by atoms with Gasteiger partial charge in [-0.15, -0.1) is 0 Å². The van der Waals surface area contributed by atoms with Gasteiger partial charge < -0.3 is 0 Å². The molecule has 32 heavy (non-hydrogen) atoms. The minimum atomic E-state index is 0.703. The predicted octanol–water partition coefficient (Wildman–Crippen LogP) is 8.54. The Morgan fingerprint density at radius 2 is 0.938 bits per heavy atom. The van der Waals surface area contributed by atoms with Crippen molar-refractivity contribution < 1.29 is 0 Å². The smallest absolute Gasteiger partial charge is 0.0253 e. The van der Waals surface area contributed by atoms with Crippen molar-refractivity contribution in [2.75, 3.05) is 0 Å². The Hall–Kier alpha value is -2.34. The maximum atomic E-state index is 2.41. The van der Waals surface area contributed by atoms with Gasteiger partial charge in [-0.25, -0.2) is 0 Å². The highest BCUT2D eigenvalue weighted by atomic mass is 14.2. The maximum Gasteiger partial charge on any atom is -0.0253 e. The molecule has 0 aliphatic heterocycles. The van der Waals surface area contributed by atoms with Crippen LogP contribution in [0.15, 0.2) is 60.7 Å². The van der Waals surface area contributed by atoms with Crippen molar-refractivity contribution in [3.05, 3.63) is 105 Å². The molecule has 0 radical (unpaired) electrons. The van der Waals surface area contributed by atoms with Crippen LogP contribution >= 0.6 is 0 Å². The largest absolute Gasteiger partial charge is 0.0622 e. The van der Waals surface area contributed by atoms with Crippen molar-refractivity contribution >= 4 is 0 Å². The summed E-state index contributed by atoms with van der Waals surface area (Å²) in [5, 5.41) is 0. The Bertz CT molecular complexity index is 928. The molecule has 0 heterocycles. The van der Waals surface area contributed by atoms with Gasteiger partial charge in [0.1, 0.15) is 0 Å². The third-order valence-electron chi connectivity index (χ3n) is 7.24. The lowest BCUT2D eigenvalue weighted by Gasteiger charge is -2.16. The van der Waals surface area contributed by atoms with E-state index in [2.05, 4.69) is 102 Å². The van der Waals surface area contributed by atoms with Crippen LogP contribution in [0.1, 0.15) is 71.2 Å². The third-order valence-corrected chi connectivity index (χ3v) is 7.24. The summed E-state index contributed by atoms with van der Waals surface area (Å²) in [4.78, 5) is 0. The summed E-state index contributed by atoms with van der Waals surface area (Å²) in [6.07, 6.45) is 7.23. The second-order valence-corrected chi connectivity index (χ2v) is 10.3. The van der Waals surface area contributed by atoms with E-state index in [4.69, 9.17) is 0 Å². The van der Waals surface area contributed by atoms with Crippen LogP contribution in [0.2, 0.25) is 0 Å². The van der Waals surface area contributed by atoms with Gasteiger partial charge in [0.15, 0.2) is 0 Å². The van der Waals surface area contributed by atoms with Crippen molar-refractivity contribution in [1.29, 1.82) is 0 Å². The van der Waals surface area contributed by atoms with Crippen LogP contribution in [-0.4, -0.2) is 0 Å². The van der Waals surface area contributed by atoms with E-state index < -0.39 is 0 Å². The van der Waals surface area contributed by atoms with Crippen LogP contribution in [0.25, 0.3) is 0 Å². The Kier molecular flexibility index (Phi) is 8.74. The van der Waals surface area contributed by atoms with Crippen LogP contribution in [0.3, 0.4) is 0 Å². The summed E-state index contributed by atoms with van der Waals surface area (Å²) >= 11 is 0. The van der Waals surface area contributed by atoms with Gasteiger partial charge >= 0.3 is 0 Å². The average Bonchev–Trinajstić information content (AvgIpc) is 2.76. The number of hydrogen-bond acceptors (Lipinski definition) is 0. The van der Waals surface area contributed by atoms with Gasteiger partial charge in [-0.05, 0) is 123 Å². The van der Waals surface area contributed by atoms with Gasteiger partial charge in [0.05, 0.1) is 0 Å². The fourth-order valence-corrected chi connectivity index (χ4v) is 4.72. The van der Waals surface area contributed by atoms with Crippen LogP contribution < -0.4 is 0 Å². The molecule has 0 bridgehead atoms. The zero-order valence-corrected chi connectivity index (χ0v) is 21.2. The molecule has 0 aliphatic rings. The fraction of sp³-hybridized carbons (Fsp3) is 0.438. The number of aryl methyl sites for hydroxylation is 6. The lowest BCUT2D eigenvalue weighted by Crippen LogP contribution is -2.06. The molecule has 0 saturated carbocycles. The minimum absolute atomic E-state index is 0.703. The summed E-state index contributed by atoms with van der Waals surface area (Å²) in [5.41, 5.74) is 11.7. The minimum Gasteiger partial charge on any atom is -0.0622 e. The molecule has 0 aliphatic carbocycles. The third kappa shape index (κ3) is 7.09. The van der Waals surface area contributed by atoms with Crippen molar-refractivity contribution in [2.45, 2.75) is 80.1 Å². The zero-order chi connectivity index (χ0) is 23.1. The normalized spacial score (nSPS) is 13.2. The second-order valence-electron chi connectivity index (χ2n) is 10.3. The topological polar surface area (TPSA) is 0 Å². The fourth-order valence-electron chi connectivity index (χ4n) is 4.72. The van der Waals surface area contributed by atoms with Gasteiger partial charge in [0, 0.05) is 0 Å². The first-order valence-corrected chi connectivity index (χ1v) is 12.5. The van der Waals surface area contributed by atoms with Crippen LogP contribution in [0, 0.1) is 39.5 Å². The number of benzene rings is 3. The van der Waals surface area contributed by atoms with Crippen molar-refractivity contribution in [3.63, 3.8) is 0 Å². The molecule has 0 amide bonds. The first kappa shape index (κ1) is 24.3. The molecule has 0 nitrogen and oxygen atoms in total. The number of rotatable bonds is 10. The van der Waals surface area contributed by atoms with E-state index in [-0.39, 0.29) is 0 Å². The Labute approximate surface area is 197 Å². The molecule has 0 spiro atoms. The van der Waals surface area contributed by atoms with Gasteiger partial charge in [-0.2, -0.15) is 0 Å². The van der Waals surface area contributed by atoms with E-state index >= 15 is 0 Å². The van der Waals surface area contributed by atoms with E-state index in [1.165, 1.54) is 71.9 Å². The van der Waals surface area contributed by atoms with Gasteiger partial charge in [0.2, 0.25) is 0 Å². The molecule has 3 aromatic carbocycles. The van der Waals surface area contributed by atoms with E-state index in [1.54, 1.807) is 11.1 Å². The summed E-state index contributed by atoms with van der Waals surface area (Å²) in [6.45, 7) is 13.7. The summed E-state index contributed by atoms with van der Waals surface area (Å²) < 4.78 is 0. The highest BCUT2D eigenvalue weighted by Crippen LogP contribution is 2.22. The Morgan fingerprint density at radius 1 is 0.531 bits per heavy atom. The molecular weight excluding hydrogens is 384 g/mol. The Morgan fingerprint density at radius 3 is 1.31 bits per heavy atom. The van der Waals surface area contributed by atoms with Crippen molar-refractivity contribution in [2.24, 2.45) is 11.8 Å². The first-order chi connectivity index (χ1) is 15.3. The van der Waals surface area contributed by atoms with Crippen molar-refractivity contribution in [1.82, 2.24) is 0 Å².